The Labute approximate surface area is 405 Å². The van der Waals surface area contributed by atoms with Crippen molar-refractivity contribution in [3.8, 4) is 5.75 Å². The Bertz CT molecular complexity index is 2230. The van der Waals surface area contributed by atoms with Gasteiger partial charge in [0.25, 0.3) is 0 Å². The van der Waals surface area contributed by atoms with Crippen LogP contribution < -0.4 is 48.3 Å². The van der Waals surface area contributed by atoms with Crippen molar-refractivity contribution in [3.63, 3.8) is 0 Å². The van der Waals surface area contributed by atoms with Crippen molar-refractivity contribution >= 4 is 65.2 Å². The van der Waals surface area contributed by atoms with Gasteiger partial charge in [-0.1, -0.05) is 42.5 Å². The average molecular weight is 1000 g/mol. The van der Waals surface area contributed by atoms with Crippen molar-refractivity contribution in [2.24, 2.45) is 5.73 Å². The summed E-state index contributed by atoms with van der Waals surface area (Å²) in [6, 6.07) is 1.81. The fraction of sp³-hybridized carbons (Fsp3) is 0.477. The number of carbonyl (C=O) groups is 11. The summed E-state index contributed by atoms with van der Waals surface area (Å²) < 4.78 is 0. The van der Waals surface area contributed by atoms with Crippen LogP contribution in [0.15, 0.2) is 54.6 Å². The van der Waals surface area contributed by atoms with Crippen LogP contribution in [0.3, 0.4) is 0 Å². The van der Waals surface area contributed by atoms with E-state index >= 15 is 0 Å². The molecule has 0 unspecified atom stereocenters. The number of nitrogens with two attached hydrogens (primary N) is 1. The SMILES string of the molecule is C[C@@H](O)[C@H](NC(=O)CNC(=O)[C@H](CCC(=O)O)NC(=O)C(C)(C)NC(=O)[C@@H](N)Cc1ccc(O)cc1)C(=O)N[C@@H](Cc1ccccc1)C(=O)N[C@H](C(=O)N[C@@H](CO)C(=O)N[C@@H](CC(=O)O)C(=O)O)[C@@H](C)O. The van der Waals surface area contributed by atoms with Crippen LogP contribution >= 0.6 is 0 Å². The van der Waals surface area contributed by atoms with E-state index in [1.807, 2.05) is 10.6 Å². The van der Waals surface area contributed by atoms with Gasteiger partial charge < -0.3 is 84.0 Å². The Kier molecular flexibility index (Phi) is 23.5. The highest BCUT2D eigenvalue weighted by atomic mass is 16.4. The Morgan fingerprint density at radius 1 is 0.592 bits per heavy atom. The minimum absolute atomic E-state index is 0.00652. The first-order valence-electron chi connectivity index (χ1n) is 21.8. The molecule has 0 aliphatic rings. The fourth-order valence-electron chi connectivity index (χ4n) is 6.31. The van der Waals surface area contributed by atoms with E-state index in [2.05, 4.69) is 31.9 Å². The molecule has 0 heterocycles. The third-order valence-corrected chi connectivity index (χ3v) is 10.3. The number of rotatable bonds is 29. The lowest BCUT2D eigenvalue weighted by Gasteiger charge is -2.29. The minimum atomic E-state index is -1.96. The highest BCUT2D eigenvalue weighted by Gasteiger charge is 2.37. The summed E-state index contributed by atoms with van der Waals surface area (Å²) in [5.74, 6) is -13.5. The quantitative estimate of drug-likeness (QED) is 0.0362. The van der Waals surface area contributed by atoms with Crippen LogP contribution in [0.25, 0.3) is 0 Å². The van der Waals surface area contributed by atoms with Crippen LogP contribution in [0.1, 0.15) is 58.1 Å². The van der Waals surface area contributed by atoms with Crippen molar-refractivity contribution in [1.82, 2.24) is 42.5 Å². The predicted molar refractivity (Wildman–Crippen MR) is 244 cm³/mol. The predicted octanol–water partition coefficient (Wildman–Crippen LogP) is -5.40. The summed E-state index contributed by atoms with van der Waals surface area (Å²) in [5.41, 5.74) is 5.34. The van der Waals surface area contributed by atoms with Gasteiger partial charge in [0.15, 0.2) is 0 Å². The molecule has 8 amide bonds. The van der Waals surface area contributed by atoms with Gasteiger partial charge >= 0.3 is 17.9 Å². The van der Waals surface area contributed by atoms with Gasteiger partial charge in [0.1, 0.15) is 47.5 Å². The number of aliphatic hydroxyl groups excluding tert-OH is 3. The van der Waals surface area contributed by atoms with Gasteiger partial charge in [-0.25, -0.2) is 4.79 Å². The van der Waals surface area contributed by atoms with E-state index in [0.29, 0.717) is 11.1 Å². The summed E-state index contributed by atoms with van der Waals surface area (Å²) in [4.78, 5) is 140. The lowest BCUT2D eigenvalue weighted by atomic mass is 10.00. The third-order valence-electron chi connectivity index (χ3n) is 10.3. The van der Waals surface area contributed by atoms with Crippen LogP contribution in [0.2, 0.25) is 0 Å². The van der Waals surface area contributed by atoms with Crippen LogP contribution in [0.4, 0.5) is 0 Å². The summed E-state index contributed by atoms with van der Waals surface area (Å²) >= 11 is 0. The standard InChI is InChI=1S/C44H61N9O18/c1-21(55)34(51-31(58)19-46-37(64)27(14-15-32(59)60)50-43(71)44(3,4)53-36(63)26(45)16-24-10-12-25(57)13-11-24)40(67)47-28(17-23-8-6-5-7-9-23)38(65)52-35(22(2)56)41(68)49-30(20-54)39(66)48-29(42(69)70)18-33(61)62/h5-13,21-22,26-30,34-35,54-57H,14-20,45H2,1-4H3,(H,46,64)(H,47,67)(H,48,66)(H,49,68)(H,50,71)(H,51,58)(H,52,65)(H,53,63)(H,59,60)(H,61,62)(H,69,70)/t21-,22-,26+,27+,28+,29+,30+,34+,35+/m1/s1. The number of carboxylic acids is 3. The number of hydrogen-bond acceptors (Lipinski definition) is 16. The van der Waals surface area contributed by atoms with E-state index in [1.165, 1.54) is 26.0 Å². The zero-order valence-electron chi connectivity index (χ0n) is 39.0. The zero-order valence-corrected chi connectivity index (χ0v) is 39.0. The first kappa shape index (κ1) is 59.4. The minimum Gasteiger partial charge on any atom is -0.508 e. The van der Waals surface area contributed by atoms with E-state index in [-0.39, 0.29) is 18.6 Å². The van der Waals surface area contributed by atoms with Gasteiger partial charge in [-0.05, 0) is 63.8 Å². The largest absolute Gasteiger partial charge is 0.508 e. The van der Waals surface area contributed by atoms with Crippen LogP contribution in [-0.4, -0.2) is 174 Å². The number of phenolic OH excluding ortho intramolecular Hbond substituents is 1. The second-order valence-corrected chi connectivity index (χ2v) is 16.8. The number of aliphatic carboxylic acids is 3. The Morgan fingerprint density at radius 3 is 1.63 bits per heavy atom. The monoisotopic (exact) mass is 1000 g/mol. The van der Waals surface area contributed by atoms with E-state index in [1.54, 1.807) is 42.5 Å². The molecule has 0 fully saturated rings. The molecule has 27 heteroatoms. The molecule has 0 saturated carbocycles. The molecule has 9 atom stereocenters. The van der Waals surface area contributed by atoms with E-state index in [4.69, 9.17) is 10.8 Å². The first-order chi connectivity index (χ1) is 33.1. The lowest BCUT2D eigenvalue weighted by Crippen LogP contribution is -2.63. The molecule has 0 radical (unpaired) electrons. The van der Waals surface area contributed by atoms with Gasteiger partial charge in [0.05, 0.1) is 37.8 Å². The molecule has 0 saturated heterocycles. The summed E-state index contributed by atoms with van der Waals surface area (Å²) in [6.07, 6.45) is -5.87. The second-order valence-electron chi connectivity index (χ2n) is 16.8. The molecule has 0 aliphatic heterocycles. The molecule has 2 aromatic carbocycles. The number of carboxylic acid groups (broad SMARTS) is 3. The van der Waals surface area contributed by atoms with Gasteiger partial charge in [-0.15, -0.1) is 0 Å². The van der Waals surface area contributed by atoms with Crippen LogP contribution in [0.5, 0.6) is 5.75 Å². The number of aromatic hydroxyl groups is 1. The number of amides is 8. The van der Waals surface area contributed by atoms with Crippen molar-refractivity contribution in [3.05, 3.63) is 65.7 Å². The number of nitrogens with one attached hydrogen (secondary N) is 8. The zero-order chi connectivity index (χ0) is 53.7. The second kappa shape index (κ2) is 28.0. The van der Waals surface area contributed by atoms with E-state index < -0.39 is 158 Å². The molecule has 0 bridgehead atoms. The molecule has 390 valence electrons. The van der Waals surface area contributed by atoms with Gasteiger partial charge in [-0.3, -0.25) is 47.9 Å². The van der Waals surface area contributed by atoms with Crippen LogP contribution in [-0.2, 0) is 65.6 Å². The molecular weight excluding hydrogens is 943 g/mol. The maximum absolute atomic E-state index is 13.8. The van der Waals surface area contributed by atoms with Crippen LogP contribution in [0, 0.1) is 0 Å². The summed E-state index contributed by atoms with van der Waals surface area (Å²) in [6.45, 7) is 2.66. The molecular formula is C44H61N9O18. The van der Waals surface area contributed by atoms with E-state index in [9.17, 15) is 83.4 Å². The molecule has 0 spiro atoms. The Morgan fingerprint density at radius 2 is 1.11 bits per heavy atom. The highest BCUT2D eigenvalue weighted by Crippen LogP contribution is 2.13. The van der Waals surface area contributed by atoms with Gasteiger partial charge in [0, 0.05) is 12.8 Å². The van der Waals surface area contributed by atoms with Crippen molar-refractivity contribution in [2.45, 2.75) is 120 Å². The smallest absolute Gasteiger partial charge is 0.326 e. The number of phenols is 1. The third kappa shape index (κ3) is 20.4. The lowest BCUT2D eigenvalue weighted by molar-refractivity contribution is -0.147. The topological polar surface area (TPSA) is 452 Å². The number of benzene rings is 2. The maximum Gasteiger partial charge on any atom is 0.326 e. The highest BCUT2D eigenvalue weighted by molar-refractivity contribution is 5.98. The Hall–Kier alpha value is -7.75. The van der Waals surface area contributed by atoms with Crippen molar-refractivity contribution in [2.75, 3.05) is 13.2 Å². The molecule has 2 rings (SSSR count). The first-order valence-corrected chi connectivity index (χ1v) is 21.8. The van der Waals surface area contributed by atoms with Crippen molar-refractivity contribution < 1.29 is 88.5 Å². The summed E-state index contributed by atoms with van der Waals surface area (Å²) in [7, 11) is 0. The number of aliphatic hydroxyl groups is 3. The molecule has 17 N–H and O–H groups in total. The molecule has 71 heavy (non-hydrogen) atoms. The summed E-state index contributed by atoms with van der Waals surface area (Å²) in [5, 5.41) is 85.5. The normalized spacial score (nSPS) is 14.9. The number of carbonyl (C=O) groups excluding carboxylic acids is 8. The molecule has 0 aliphatic carbocycles. The molecule has 27 nitrogen and oxygen atoms in total. The van der Waals surface area contributed by atoms with Gasteiger partial charge in [0.2, 0.25) is 47.3 Å². The van der Waals surface area contributed by atoms with Crippen molar-refractivity contribution in [1.29, 1.82) is 0 Å². The average Bonchev–Trinajstić information content (AvgIpc) is 3.29. The maximum atomic E-state index is 13.8. The van der Waals surface area contributed by atoms with Gasteiger partial charge in [-0.2, -0.15) is 0 Å². The molecule has 2 aromatic rings. The van der Waals surface area contributed by atoms with E-state index in [0.717, 1.165) is 13.8 Å². The fourth-order valence-corrected chi connectivity index (χ4v) is 6.31. The molecule has 0 aromatic heterocycles. The Balaban J connectivity index is 2.21. The number of hydrogen-bond donors (Lipinski definition) is 16.